The Balaban J connectivity index is 2.78. The van der Waals surface area contributed by atoms with Crippen LogP contribution in [0.3, 0.4) is 0 Å². The van der Waals surface area contributed by atoms with Gasteiger partial charge >= 0.3 is 0 Å². The molecule has 1 rings (SSSR count). The maximum atomic E-state index is 11.9. The summed E-state index contributed by atoms with van der Waals surface area (Å²) in [5.74, 6) is 0. The summed E-state index contributed by atoms with van der Waals surface area (Å²) in [7, 11) is -2.04. The summed E-state index contributed by atoms with van der Waals surface area (Å²) in [6, 6.07) is 6.26. The largest absolute Gasteiger partial charge is 0.314 e. The first-order chi connectivity index (χ1) is 7.81. The maximum Gasteiger partial charge on any atom is 0.240 e. The van der Waals surface area contributed by atoms with Gasteiger partial charge in [0, 0.05) is 19.6 Å². The van der Waals surface area contributed by atoms with E-state index >= 15 is 0 Å². The lowest BCUT2D eigenvalue weighted by atomic mass is 10.2. The van der Waals surface area contributed by atoms with Crippen LogP contribution >= 0.6 is 0 Å². The van der Waals surface area contributed by atoms with Crippen molar-refractivity contribution in [2.75, 3.05) is 13.6 Å². The summed E-state index contributed by atoms with van der Waals surface area (Å²) < 4.78 is 26.3. The third kappa shape index (κ3) is 4.43. The van der Waals surface area contributed by atoms with Gasteiger partial charge in [-0.25, -0.2) is 13.1 Å². The van der Waals surface area contributed by atoms with Crippen LogP contribution in [0.5, 0.6) is 0 Å². The number of nitrogens with zero attached hydrogens (tertiary/aromatic N) is 1. The molecule has 0 bridgehead atoms. The minimum atomic E-state index is -3.51. The molecule has 96 valence electrons. The molecule has 0 aliphatic heterocycles. The zero-order chi connectivity index (χ0) is 13.1. The molecule has 2 N–H and O–H groups in total. The summed E-state index contributed by atoms with van der Waals surface area (Å²) >= 11 is 0. The highest BCUT2D eigenvalue weighted by Gasteiger charge is 2.17. The topological polar surface area (TPSA) is 69.6 Å². The molecule has 0 aliphatic carbocycles. The number of hydrogen-bond acceptors (Lipinski definition) is 4. The van der Waals surface area contributed by atoms with E-state index in [0.717, 1.165) is 10.6 Å². The van der Waals surface area contributed by atoms with Crippen LogP contribution in [-0.2, 0) is 10.0 Å². The Morgan fingerprint density at radius 1 is 1.35 bits per heavy atom. The number of nitrogens with one attached hydrogen (secondary N) is 1. The second-order valence-corrected chi connectivity index (χ2v) is 5.89. The normalized spacial score (nSPS) is 13.9. The number of rotatable bonds is 5. The Bertz CT molecular complexity index is 454. The van der Waals surface area contributed by atoms with Gasteiger partial charge in [0.2, 0.25) is 10.0 Å². The number of likely N-dealkylation sites (N-methyl/N-ethyl adjacent to an activating group) is 1. The van der Waals surface area contributed by atoms with Gasteiger partial charge in [0.1, 0.15) is 0 Å². The van der Waals surface area contributed by atoms with Gasteiger partial charge in [0.25, 0.3) is 0 Å². The van der Waals surface area contributed by atoms with Crippen molar-refractivity contribution in [2.45, 2.75) is 24.8 Å². The monoisotopic (exact) mass is 258 g/mol. The van der Waals surface area contributed by atoms with Crippen molar-refractivity contribution < 1.29 is 13.6 Å². The number of sulfonamides is 1. The molecular weight excluding hydrogens is 240 g/mol. The van der Waals surface area contributed by atoms with Gasteiger partial charge in [-0.15, -0.1) is 0 Å². The van der Waals surface area contributed by atoms with Crippen LogP contribution < -0.4 is 4.72 Å². The molecule has 6 heteroatoms. The highest BCUT2D eigenvalue weighted by molar-refractivity contribution is 7.89. The van der Waals surface area contributed by atoms with Gasteiger partial charge in [-0.3, -0.25) is 0 Å². The summed E-state index contributed by atoms with van der Waals surface area (Å²) in [5.41, 5.74) is 1.01. The Morgan fingerprint density at radius 2 is 1.88 bits per heavy atom. The predicted molar refractivity (Wildman–Crippen MR) is 65.4 cm³/mol. The molecule has 0 amide bonds. The minimum Gasteiger partial charge on any atom is -0.314 e. The first-order valence-electron chi connectivity index (χ1n) is 5.30. The van der Waals surface area contributed by atoms with Crippen LogP contribution in [-0.4, -0.2) is 38.3 Å². The van der Waals surface area contributed by atoms with Crippen LogP contribution in [0, 0.1) is 6.92 Å². The lowest BCUT2D eigenvalue weighted by Crippen LogP contribution is -2.39. The summed E-state index contributed by atoms with van der Waals surface area (Å²) in [5, 5.41) is 9.97. The molecule has 5 nitrogen and oxygen atoms in total. The quantitative estimate of drug-likeness (QED) is 0.773. The molecule has 1 aromatic rings. The van der Waals surface area contributed by atoms with Crippen molar-refractivity contribution in [3.05, 3.63) is 29.8 Å². The molecule has 0 aliphatic rings. The lowest BCUT2D eigenvalue weighted by molar-refractivity contribution is -0.0684. The second kappa shape index (κ2) is 5.59. The van der Waals surface area contributed by atoms with Gasteiger partial charge in [-0.1, -0.05) is 17.7 Å². The van der Waals surface area contributed by atoms with Crippen molar-refractivity contribution in [3.63, 3.8) is 0 Å². The molecule has 0 saturated heterocycles. The minimum absolute atomic E-state index is 0.227. The molecule has 1 atom stereocenters. The van der Waals surface area contributed by atoms with E-state index in [9.17, 15) is 8.42 Å². The maximum absolute atomic E-state index is 11.9. The van der Waals surface area contributed by atoms with E-state index in [-0.39, 0.29) is 17.5 Å². The van der Waals surface area contributed by atoms with Crippen molar-refractivity contribution >= 4 is 10.0 Å². The molecule has 17 heavy (non-hydrogen) atoms. The molecular formula is C11H18N2O3S. The van der Waals surface area contributed by atoms with Crippen LogP contribution in [0.25, 0.3) is 0 Å². The van der Waals surface area contributed by atoms with E-state index in [4.69, 9.17) is 5.21 Å². The zero-order valence-corrected chi connectivity index (χ0v) is 11.0. The van der Waals surface area contributed by atoms with Crippen LogP contribution in [0.2, 0.25) is 0 Å². The first-order valence-corrected chi connectivity index (χ1v) is 6.78. The average molecular weight is 258 g/mol. The predicted octanol–water partition coefficient (Wildman–Crippen LogP) is 0.983. The summed E-state index contributed by atoms with van der Waals surface area (Å²) in [4.78, 5) is 0.232. The van der Waals surface area contributed by atoms with Gasteiger partial charge in [-0.05, 0) is 26.0 Å². The number of aryl methyl sites for hydroxylation is 1. The van der Waals surface area contributed by atoms with E-state index in [1.165, 1.54) is 7.05 Å². The van der Waals surface area contributed by atoms with Crippen molar-refractivity contribution in [3.8, 4) is 0 Å². The first kappa shape index (κ1) is 14.1. The van der Waals surface area contributed by atoms with E-state index in [2.05, 4.69) is 4.72 Å². The zero-order valence-electron chi connectivity index (χ0n) is 10.2. The third-order valence-electron chi connectivity index (χ3n) is 2.23. The summed E-state index contributed by atoms with van der Waals surface area (Å²) in [6.07, 6.45) is 0. The fraction of sp³-hybridized carbons (Fsp3) is 0.455. The Morgan fingerprint density at radius 3 is 2.35 bits per heavy atom. The molecule has 0 heterocycles. The Kier molecular flexibility index (Phi) is 4.64. The van der Waals surface area contributed by atoms with Crippen molar-refractivity contribution in [1.82, 2.24) is 9.79 Å². The fourth-order valence-corrected chi connectivity index (χ4v) is 2.72. The molecule has 0 radical (unpaired) electrons. The highest BCUT2D eigenvalue weighted by Crippen LogP contribution is 2.10. The van der Waals surface area contributed by atoms with Gasteiger partial charge in [0.15, 0.2) is 0 Å². The smallest absolute Gasteiger partial charge is 0.240 e. The van der Waals surface area contributed by atoms with Gasteiger partial charge in [0.05, 0.1) is 4.90 Å². The van der Waals surface area contributed by atoms with E-state index in [1.54, 1.807) is 31.2 Å². The Labute approximate surface area is 102 Å². The van der Waals surface area contributed by atoms with Gasteiger partial charge < -0.3 is 5.21 Å². The van der Waals surface area contributed by atoms with Crippen LogP contribution in [0.4, 0.5) is 0 Å². The van der Waals surface area contributed by atoms with Gasteiger partial charge in [-0.2, -0.15) is 5.06 Å². The van der Waals surface area contributed by atoms with Crippen molar-refractivity contribution in [1.29, 1.82) is 0 Å². The number of benzene rings is 1. The Hall–Kier alpha value is -0.950. The standard InChI is InChI=1S/C11H18N2O3S/c1-9-4-6-11(7-5-9)17(15,16)12-10(2)8-13(3)14/h4-7,10,12,14H,8H2,1-3H3. The highest BCUT2D eigenvalue weighted by atomic mass is 32.2. The van der Waals surface area contributed by atoms with Crippen LogP contribution in [0.1, 0.15) is 12.5 Å². The molecule has 0 saturated carbocycles. The molecule has 1 aromatic carbocycles. The van der Waals surface area contributed by atoms with Crippen molar-refractivity contribution in [2.24, 2.45) is 0 Å². The SMILES string of the molecule is Cc1ccc(S(=O)(=O)NC(C)CN(C)O)cc1. The average Bonchev–Trinajstić information content (AvgIpc) is 2.15. The number of hydroxylamine groups is 2. The third-order valence-corrected chi connectivity index (χ3v) is 3.83. The fourth-order valence-electron chi connectivity index (χ4n) is 1.48. The number of hydrogen-bond donors (Lipinski definition) is 2. The lowest BCUT2D eigenvalue weighted by Gasteiger charge is -2.17. The van der Waals surface area contributed by atoms with E-state index < -0.39 is 10.0 Å². The van der Waals surface area contributed by atoms with E-state index in [1.807, 2.05) is 6.92 Å². The molecule has 1 unspecified atom stereocenters. The van der Waals surface area contributed by atoms with Crippen LogP contribution in [0.15, 0.2) is 29.2 Å². The molecule has 0 spiro atoms. The second-order valence-electron chi connectivity index (χ2n) is 4.18. The van der Waals surface area contributed by atoms with E-state index in [0.29, 0.717) is 0 Å². The summed E-state index contributed by atoms with van der Waals surface area (Å²) in [6.45, 7) is 3.82. The molecule has 0 fully saturated rings. The molecule has 0 aromatic heterocycles.